The van der Waals surface area contributed by atoms with E-state index in [0.717, 1.165) is 18.3 Å². The summed E-state index contributed by atoms with van der Waals surface area (Å²) in [5.41, 5.74) is 1.31. The SMILES string of the molecule is COc1ccccc1CN1C[C@@H]2CCCN2C[C@@H]1C. The molecule has 0 unspecified atom stereocenters. The van der Waals surface area contributed by atoms with Crippen LogP contribution in [0.4, 0.5) is 0 Å². The zero-order valence-corrected chi connectivity index (χ0v) is 12.0. The van der Waals surface area contributed by atoms with E-state index in [4.69, 9.17) is 4.74 Å². The van der Waals surface area contributed by atoms with Gasteiger partial charge < -0.3 is 4.74 Å². The molecule has 2 aliphatic heterocycles. The first-order valence-electron chi connectivity index (χ1n) is 7.38. The fraction of sp³-hybridized carbons (Fsp3) is 0.625. The summed E-state index contributed by atoms with van der Waals surface area (Å²) in [7, 11) is 1.76. The van der Waals surface area contributed by atoms with Gasteiger partial charge in [0.05, 0.1) is 7.11 Å². The van der Waals surface area contributed by atoms with E-state index in [1.165, 1.54) is 38.0 Å². The molecule has 1 aromatic rings. The molecule has 2 atom stereocenters. The van der Waals surface area contributed by atoms with Crippen LogP contribution in [0.1, 0.15) is 25.3 Å². The summed E-state index contributed by atoms with van der Waals surface area (Å²) in [5, 5.41) is 0. The van der Waals surface area contributed by atoms with Crippen molar-refractivity contribution in [2.75, 3.05) is 26.7 Å². The van der Waals surface area contributed by atoms with Crippen molar-refractivity contribution >= 4 is 0 Å². The second-order valence-electron chi connectivity index (χ2n) is 5.88. The molecule has 0 bridgehead atoms. The highest BCUT2D eigenvalue weighted by Gasteiger charge is 2.34. The highest BCUT2D eigenvalue weighted by atomic mass is 16.5. The third-order valence-electron chi connectivity index (χ3n) is 4.63. The lowest BCUT2D eigenvalue weighted by molar-refractivity contribution is 0.0535. The highest BCUT2D eigenvalue weighted by Crippen LogP contribution is 2.27. The number of benzene rings is 1. The van der Waals surface area contributed by atoms with Crippen LogP contribution in [0.25, 0.3) is 0 Å². The molecular formula is C16H24N2O. The second kappa shape index (κ2) is 5.51. The van der Waals surface area contributed by atoms with Crippen LogP contribution in [-0.4, -0.2) is 48.6 Å². The molecule has 2 heterocycles. The smallest absolute Gasteiger partial charge is 0.123 e. The number of ether oxygens (including phenoxy) is 1. The van der Waals surface area contributed by atoms with Crippen molar-refractivity contribution in [2.45, 2.75) is 38.4 Å². The van der Waals surface area contributed by atoms with E-state index in [0.29, 0.717) is 6.04 Å². The van der Waals surface area contributed by atoms with Gasteiger partial charge in [0, 0.05) is 37.3 Å². The van der Waals surface area contributed by atoms with Crippen molar-refractivity contribution in [3.8, 4) is 5.75 Å². The van der Waals surface area contributed by atoms with Gasteiger partial charge in [-0.2, -0.15) is 0 Å². The molecular weight excluding hydrogens is 236 g/mol. The predicted molar refractivity (Wildman–Crippen MR) is 77.5 cm³/mol. The van der Waals surface area contributed by atoms with Crippen LogP contribution in [0.15, 0.2) is 24.3 Å². The molecule has 2 fully saturated rings. The van der Waals surface area contributed by atoms with E-state index < -0.39 is 0 Å². The molecule has 0 saturated carbocycles. The van der Waals surface area contributed by atoms with Gasteiger partial charge in [-0.1, -0.05) is 18.2 Å². The normalized spacial score (nSPS) is 28.3. The Labute approximate surface area is 116 Å². The molecule has 0 spiro atoms. The maximum absolute atomic E-state index is 5.47. The van der Waals surface area contributed by atoms with E-state index in [9.17, 15) is 0 Å². The molecule has 0 amide bonds. The van der Waals surface area contributed by atoms with Gasteiger partial charge in [-0.3, -0.25) is 9.80 Å². The monoisotopic (exact) mass is 260 g/mol. The number of nitrogens with zero attached hydrogens (tertiary/aromatic N) is 2. The number of methoxy groups -OCH3 is 1. The maximum atomic E-state index is 5.47. The topological polar surface area (TPSA) is 15.7 Å². The van der Waals surface area contributed by atoms with Gasteiger partial charge in [0.25, 0.3) is 0 Å². The minimum Gasteiger partial charge on any atom is -0.496 e. The summed E-state index contributed by atoms with van der Waals surface area (Å²) < 4.78 is 5.47. The Bertz CT molecular complexity index is 435. The fourth-order valence-electron chi connectivity index (χ4n) is 3.52. The quantitative estimate of drug-likeness (QED) is 0.830. The average molecular weight is 260 g/mol. The van der Waals surface area contributed by atoms with Crippen LogP contribution in [-0.2, 0) is 6.54 Å². The van der Waals surface area contributed by atoms with E-state index in [-0.39, 0.29) is 0 Å². The number of piperazine rings is 1. The van der Waals surface area contributed by atoms with Crippen LogP contribution in [0.2, 0.25) is 0 Å². The average Bonchev–Trinajstić information content (AvgIpc) is 2.87. The third kappa shape index (κ3) is 2.63. The molecule has 0 aromatic heterocycles. The first-order chi connectivity index (χ1) is 9.28. The van der Waals surface area contributed by atoms with Crippen LogP contribution < -0.4 is 4.74 Å². The number of para-hydroxylation sites is 1. The minimum absolute atomic E-state index is 0.638. The maximum Gasteiger partial charge on any atom is 0.123 e. The van der Waals surface area contributed by atoms with Crippen molar-refractivity contribution in [1.29, 1.82) is 0 Å². The zero-order chi connectivity index (χ0) is 13.2. The molecule has 0 radical (unpaired) electrons. The standard InChI is InChI=1S/C16H24N2O/c1-13-10-17-9-5-7-15(17)12-18(13)11-14-6-3-4-8-16(14)19-2/h3-4,6,8,13,15H,5,7,9-12H2,1-2H3/t13-,15-/m0/s1. The van der Waals surface area contributed by atoms with E-state index >= 15 is 0 Å². The van der Waals surface area contributed by atoms with Crippen LogP contribution >= 0.6 is 0 Å². The van der Waals surface area contributed by atoms with Gasteiger partial charge >= 0.3 is 0 Å². The van der Waals surface area contributed by atoms with Crippen molar-refractivity contribution < 1.29 is 4.74 Å². The highest BCUT2D eigenvalue weighted by molar-refractivity contribution is 5.33. The Balaban J connectivity index is 1.72. The van der Waals surface area contributed by atoms with Crippen molar-refractivity contribution in [2.24, 2.45) is 0 Å². The number of fused-ring (bicyclic) bond motifs is 1. The minimum atomic E-state index is 0.638. The summed E-state index contributed by atoms with van der Waals surface area (Å²) >= 11 is 0. The molecule has 104 valence electrons. The van der Waals surface area contributed by atoms with Gasteiger partial charge in [-0.25, -0.2) is 0 Å². The summed E-state index contributed by atoms with van der Waals surface area (Å²) in [6.07, 6.45) is 2.75. The lowest BCUT2D eigenvalue weighted by Gasteiger charge is -2.42. The van der Waals surface area contributed by atoms with E-state index in [1.807, 2.05) is 6.07 Å². The zero-order valence-electron chi connectivity index (χ0n) is 12.0. The second-order valence-corrected chi connectivity index (χ2v) is 5.88. The molecule has 3 heteroatoms. The van der Waals surface area contributed by atoms with E-state index in [1.54, 1.807) is 7.11 Å². The Morgan fingerprint density at radius 2 is 2.11 bits per heavy atom. The number of hydrogen-bond acceptors (Lipinski definition) is 3. The molecule has 0 aliphatic carbocycles. The molecule has 0 N–H and O–H groups in total. The molecule has 3 rings (SSSR count). The van der Waals surface area contributed by atoms with Crippen LogP contribution in [0.5, 0.6) is 5.75 Å². The third-order valence-corrected chi connectivity index (χ3v) is 4.63. The van der Waals surface area contributed by atoms with Crippen molar-refractivity contribution in [3.05, 3.63) is 29.8 Å². The van der Waals surface area contributed by atoms with Gasteiger partial charge in [0.15, 0.2) is 0 Å². The lowest BCUT2D eigenvalue weighted by atomic mass is 10.1. The Morgan fingerprint density at radius 1 is 1.26 bits per heavy atom. The first kappa shape index (κ1) is 12.9. The van der Waals surface area contributed by atoms with Crippen LogP contribution in [0.3, 0.4) is 0 Å². The summed E-state index contributed by atoms with van der Waals surface area (Å²) in [5.74, 6) is 1.02. The molecule has 19 heavy (non-hydrogen) atoms. The Morgan fingerprint density at radius 3 is 2.95 bits per heavy atom. The Kier molecular flexibility index (Phi) is 3.76. The van der Waals surface area contributed by atoms with Crippen LogP contribution in [0, 0.1) is 0 Å². The predicted octanol–water partition coefficient (Wildman–Crippen LogP) is 2.36. The summed E-state index contributed by atoms with van der Waals surface area (Å²) in [6.45, 7) is 7.09. The lowest BCUT2D eigenvalue weighted by Crippen LogP contribution is -2.54. The molecule has 3 nitrogen and oxygen atoms in total. The van der Waals surface area contributed by atoms with Gasteiger partial charge in [0.2, 0.25) is 0 Å². The summed E-state index contributed by atoms with van der Waals surface area (Å²) in [4.78, 5) is 5.29. The van der Waals surface area contributed by atoms with Gasteiger partial charge in [0.1, 0.15) is 5.75 Å². The van der Waals surface area contributed by atoms with E-state index in [2.05, 4.69) is 34.9 Å². The number of rotatable bonds is 3. The first-order valence-corrected chi connectivity index (χ1v) is 7.38. The number of hydrogen-bond donors (Lipinski definition) is 0. The van der Waals surface area contributed by atoms with Gasteiger partial charge in [-0.15, -0.1) is 0 Å². The molecule has 2 saturated heterocycles. The summed E-state index contributed by atoms with van der Waals surface area (Å²) in [6, 6.07) is 9.82. The van der Waals surface area contributed by atoms with Crippen molar-refractivity contribution in [1.82, 2.24) is 9.80 Å². The molecule has 2 aliphatic rings. The Hall–Kier alpha value is -1.06. The molecule has 1 aromatic carbocycles. The van der Waals surface area contributed by atoms with Gasteiger partial charge in [-0.05, 0) is 32.4 Å². The fourth-order valence-corrected chi connectivity index (χ4v) is 3.52. The largest absolute Gasteiger partial charge is 0.496 e. The van der Waals surface area contributed by atoms with Crippen molar-refractivity contribution in [3.63, 3.8) is 0 Å².